The van der Waals surface area contributed by atoms with E-state index in [9.17, 15) is 0 Å². The summed E-state index contributed by atoms with van der Waals surface area (Å²) in [6, 6.07) is 13.1. The number of hydrogen-bond acceptors (Lipinski definition) is 5. The summed E-state index contributed by atoms with van der Waals surface area (Å²) in [6.07, 6.45) is 2.54. The van der Waals surface area contributed by atoms with Crippen LogP contribution < -0.4 is 9.47 Å². The summed E-state index contributed by atoms with van der Waals surface area (Å²) in [4.78, 5) is 6.58. The summed E-state index contributed by atoms with van der Waals surface area (Å²) >= 11 is 0. The Morgan fingerprint density at radius 2 is 2.00 bits per heavy atom. The van der Waals surface area contributed by atoms with Crippen molar-refractivity contribution in [1.82, 2.24) is 9.88 Å². The lowest BCUT2D eigenvalue weighted by Gasteiger charge is -2.16. The molecule has 1 aromatic heterocycles. The average molecular weight is 309 g/mol. The predicted molar refractivity (Wildman–Crippen MR) is 86.5 cm³/mol. The largest absolute Gasteiger partial charge is 0.493 e. The molecular formula is C18H19N3O2. The number of likely N-dealkylation sites (tertiary alicyclic amines) is 1. The van der Waals surface area contributed by atoms with Crippen LogP contribution in [0.2, 0.25) is 0 Å². The minimum Gasteiger partial charge on any atom is -0.493 e. The third-order valence-electron chi connectivity index (χ3n) is 3.89. The maximum Gasteiger partial charge on any atom is 0.220 e. The maximum absolute atomic E-state index is 8.93. The quantitative estimate of drug-likeness (QED) is 0.847. The minimum atomic E-state index is 0.328. The molecule has 118 valence electrons. The maximum atomic E-state index is 8.93. The van der Waals surface area contributed by atoms with Crippen LogP contribution in [0.1, 0.15) is 24.1 Å². The first-order valence-electron chi connectivity index (χ1n) is 7.73. The summed E-state index contributed by atoms with van der Waals surface area (Å²) in [5.74, 6) is 1.66. The van der Waals surface area contributed by atoms with Gasteiger partial charge >= 0.3 is 0 Å². The van der Waals surface area contributed by atoms with Gasteiger partial charge in [0.15, 0.2) is 11.5 Å². The van der Waals surface area contributed by atoms with Crippen LogP contribution in [-0.2, 0) is 6.54 Å². The second-order valence-electron chi connectivity index (χ2n) is 5.54. The Balaban J connectivity index is 1.82. The van der Waals surface area contributed by atoms with Crippen molar-refractivity contribution in [3.8, 4) is 23.4 Å². The van der Waals surface area contributed by atoms with Crippen molar-refractivity contribution in [1.29, 1.82) is 5.26 Å². The lowest BCUT2D eigenvalue weighted by Crippen LogP contribution is -2.18. The molecule has 5 heteroatoms. The Bertz CT molecular complexity index is 718. The number of pyridine rings is 1. The summed E-state index contributed by atoms with van der Waals surface area (Å²) < 4.78 is 11.2. The fourth-order valence-corrected chi connectivity index (χ4v) is 2.74. The molecule has 1 aliphatic rings. The molecule has 0 unspecified atom stereocenters. The van der Waals surface area contributed by atoms with Crippen LogP contribution in [0.3, 0.4) is 0 Å². The highest BCUT2D eigenvalue weighted by molar-refractivity contribution is 5.45. The predicted octanol–water partition coefficient (Wildman–Crippen LogP) is 3.35. The van der Waals surface area contributed by atoms with Crippen LogP contribution in [0, 0.1) is 11.3 Å². The van der Waals surface area contributed by atoms with E-state index in [0.29, 0.717) is 23.1 Å². The van der Waals surface area contributed by atoms with Crippen LogP contribution in [-0.4, -0.2) is 30.1 Å². The van der Waals surface area contributed by atoms with Crippen molar-refractivity contribution in [2.45, 2.75) is 19.4 Å². The van der Waals surface area contributed by atoms with Gasteiger partial charge in [-0.1, -0.05) is 12.1 Å². The molecule has 2 heterocycles. The highest BCUT2D eigenvalue weighted by atomic mass is 16.5. The van der Waals surface area contributed by atoms with E-state index in [0.717, 1.165) is 19.6 Å². The molecule has 23 heavy (non-hydrogen) atoms. The average Bonchev–Trinajstić information content (AvgIpc) is 3.08. The number of rotatable bonds is 5. The standard InChI is InChI=1S/C18H19N3O2/c1-22-16-8-7-14(13-21-9-2-3-10-21)11-17(16)23-18-6-4-5-15(12-19)20-18/h4-8,11H,2-3,9-10,13H2,1H3. The lowest BCUT2D eigenvalue weighted by molar-refractivity contribution is 0.329. The molecule has 0 amide bonds. The van der Waals surface area contributed by atoms with E-state index in [4.69, 9.17) is 14.7 Å². The summed E-state index contributed by atoms with van der Waals surface area (Å²) in [5, 5.41) is 8.93. The van der Waals surface area contributed by atoms with Crippen molar-refractivity contribution in [2.75, 3.05) is 20.2 Å². The van der Waals surface area contributed by atoms with E-state index in [1.165, 1.54) is 18.4 Å². The molecule has 5 nitrogen and oxygen atoms in total. The molecule has 2 aromatic rings. The summed E-state index contributed by atoms with van der Waals surface area (Å²) in [6.45, 7) is 3.20. The van der Waals surface area contributed by atoms with E-state index in [1.54, 1.807) is 25.3 Å². The van der Waals surface area contributed by atoms with Gasteiger partial charge in [-0.3, -0.25) is 4.90 Å². The molecule has 1 saturated heterocycles. The number of aromatic nitrogens is 1. The van der Waals surface area contributed by atoms with Gasteiger partial charge in [0.25, 0.3) is 0 Å². The van der Waals surface area contributed by atoms with Gasteiger partial charge in [-0.2, -0.15) is 5.26 Å². The van der Waals surface area contributed by atoms with E-state index in [2.05, 4.69) is 16.0 Å². The highest BCUT2D eigenvalue weighted by Gasteiger charge is 2.14. The number of nitriles is 1. The fraction of sp³-hybridized carbons (Fsp3) is 0.333. The number of hydrogen-bond donors (Lipinski definition) is 0. The van der Waals surface area contributed by atoms with Crippen molar-refractivity contribution >= 4 is 0 Å². The Morgan fingerprint density at radius 1 is 1.17 bits per heavy atom. The lowest BCUT2D eigenvalue weighted by atomic mass is 10.2. The molecule has 0 N–H and O–H groups in total. The molecular weight excluding hydrogens is 290 g/mol. The smallest absolute Gasteiger partial charge is 0.220 e. The molecule has 1 fully saturated rings. The topological polar surface area (TPSA) is 58.4 Å². The van der Waals surface area contributed by atoms with Crippen LogP contribution in [0.15, 0.2) is 36.4 Å². The number of nitrogens with zero attached hydrogens (tertiary/aromatic N) is 3. The highest BCUT2D eigenvalue weighted by Crippen LogP contribution is 2.32. The van der Waals surface area contributed by atoms with Crippen LogP contribution >= 0.6 is 0 Å². The van der Waals surface area contributed by atoms with Gasteiger partial charge in [-0.25, -0.2) is 4.98 Å². The number of methoxy groups -OCH3 is 1. The van der Waals surface area contributed by atoms with E-state index >= 15 is 0 Å². The zero-order valence-electron chi connectivity index (χ0n) is 13.2. The van der Waals surface area contributed by atoms with Gasteiger partial charge < -0.3 is 9.47 Å². The molecule has 0 spiro atoms. The third-order valence-corrected chi connectivity index (χ3v) is 3.89. The molecule has 3 rings (SSSR count). The van der Waals surface area contributed by atoms with Gasteiger partial charge in [0.1, 0.15) is 11.8 Å². The zero-order valence-corrected chi connectivity index (χ0v) is 13.2. The molecule has 0 aliphatic carbocycles. The van der Waals surface area contributed by atoms with Crippen molar-refractivity contribution in [2.24, 2.45) is 0 Å². The molecule has 0 bridgehead atoms. The molecule has 0 saturated carbocycles. The second-order valence-corrected chi connectivity index (χ2v) is 5.54. The molecule has 0 atom stereocenters. The van der Waals surface area contributed by atoms with Gasteiger partial charge in [0.2, 0.25) is 5.88 Å². The first-order valence-corrected chi connectivity index (χ1v) is 7.73. The first-order chi connectivity index (χ1) is 11.3. The molecule has 1 aromatic carbocycles. The Hall–Kier alpha value is -2.58. The fourth-order valence-electron chi connectivity index (χ4n) is 2.74. The second kappa shape index (κ2) is 7.12. The normalized spacial score (nSPS) is 14.4. The van der Waals surface area contributed by atoms with Gasteiger partial charge in [-0.15, -0.1) is 0 Å². The van der Waals surface area contributed by atoms with Crippen molar-refractivity contribution in [3.05, 3.63) is 47.7 Å². The van der Waals surface area contributed by atoms with E-state index < -0.39 is 0 Å². The number of ether oxygens (including phenoxy) is 2. The monoisotopic (exact) mass is 309 g/mol. The zero-order chi connectivity index (χ0) is 16.1. The summed E-state index contributed by atoms with van der Waals surface area (Å²) in [5.41, 5.74) is 1.51. The third kappa shape index (κ3) is 3.79. The molecule has 1 aliphatic heterocycles. The van der Waals surface area contributed by atoms with Gasteiger partial charge in [0.05, 0.1) is 7.11 Å². The van der Waals surface area contributed by atoms with Crippen molar-refractivity contribution in [3.63, 3.8) is 0 Å². The van der Waals surface area contributed by atoms with Gasteiger partial charge in [0, 0.05) is 12.6 Å². The number of benzene rings is 1. The van der Waals surface area contributed by atoms with Gasteiger partial charge in [-0.05, 0) is 49.7 Å². The Kier molecular flexibility index (Phi) is 4.74. The minimum absolute atomic E-state index is 0.328. The van der Waals surface area contributed by atoms with Crippen LogP contribution in [0.4, 0.5) is 0 Å². The van der Waals surface area contributed by atoms with Crippen molar-refractivity contribution < 1.29 is 9.47 Å². The van der Waals surface area contributed by atoms with E-state index in [-0.39, 0.29) is 0 Å². The van der Waals surface area contributed by atoms with Crippen LogP contribution in [0.25, 0.3) is 0 Å². The van der Waals surface area contributed by atoms with Crippen LogP contribution in [0.5, 0.6) is 17.4 Å². The molecule has 0 radical (unpaired) electrons. The SMILES string of the molecule is COc1ccc(CN2CCCC2)cc1Oc1cccc(C#N)n1. The Morgan fingerprint density at radius 3 is 2.74 bits per heavy atom. The first kappa shape index (κ1) is 15.3. The summed E-state index contributed by atoms with van der Waals surface area (Å²) in [7, 11) is 1.61. The Labute approximate surface area is 136 Å². The van der Waals surface area contributed by atoms with E-state index in [1.807, 2.05) is 18.2 Å².